The molecule has 7 nitrogen and oxygen atoms in total. The third-order valence-corrected chi connectivity index (χ3v) is 3.79. The second-order valence-corrected chi connectivity index (χ2v) is 6.14. The van der Waals surface area contributed by atoms with Crippen LogP contribution in [-0.2, 0) is 9.59 Å². The molecule has 0 unspecified atom stereocenters. The number of ether oxygens (including phenoxy) is 2. The number of benzene rings is 2. The van der Waals surface area contributed by atoms with E-state index in [-0.39, 0.29) is 17.1 Å². The average Bonchev–Trinajstić information content (AvgIpc) is 2.64. The van der Waals surface area contributed by atoms with E-state index in [0.29, 0.717) is 11.3 Å². The van der Waals surface area contributed by atoms with Crippen molar-refractivity contribution in [1.29, 1.82) is 5.26 Å². The number of aliphatic carboxylic acids is 1. The Kier molecular flexibility index (Phi) is 6.97. The van der Waals surface area contributed by atoms with Crippen LogP contribution in [0.2, 0.25) is 0 Å². The van der Waals surface area contributed by atoms with Crippen LogP contribution in [0.15, 0.2) is 52.5 Å². The van der Waals surface area contributed by atoms with Crippen molar-refractivity contribution < 1.29 is 24.2 Å². The molecule has 0 aromatic heterocycles. The van der Waals surface area contributed by atoms with Gasteiger partial charge in [-0.05, 0) is 42.0 Å². The molecule has 2 aromatic rings. The zero-order valence-electron chi connectivity index (χ0n) is 14.2. The molecule has 27 heavy (non-hydrogen) atoms. The molecule has 0 aliphatic heterocycles. The first kappa shape index (κ1) is 20.0. The fourth-order valence-corrected chi connectivity index (χ4v) is 2.51. The maximum Gasteiger partial charge on any atom is 0.341 e. The minimum absolute atomic E-state index is 0.101. The van der Waals surface area contributed by atoms with Gasteiger partial charge >= 0.3 is 5.97 Å². The molecule has 8 heteroatoms. The van der Waals surface area contributed by atoms with Crippen LogP contribution in [0, 0.1) is 11.3 Å². The number of anilines is 1. The summed E-state index contributed by atoms with van der Waals surface area (Å²) in [5.74, 6) is -1.14. The fraction of sp³-hybridized carbons (Fsp3) is 0.105. The second kappa shape index (κ2) is 9.40. The lowest BCUT2D eigenvalue weighted by molar-refractivity contribution is -0.139. The molecule has 0 spiro atoms. The molecular weight excluding hydrogens is 416 g/mol. The van der Waals surface area contributed by atoms with Crippen LogP contribution in [0.5, 0.6) is 11.5 Å². The van der Waals surface area contributed by atoms with Gasteiger partial charge < -0.3 is 19.9 Å². The lowest BCUT2D eigenvalue weighted by atomic mass is 10.1. The quantitative estimate of drug-likeness (QED) is 0.514. The van der Waals surface area contributed by atoms with E-state index in [0.717, 1.165) is 4.47 Å². The molecule has 2 rings (SSSR count). The van der Waals surface area contributed by atoms with E-state index in [1.807, 2.05) is 12.1 Å². The molecule has 0 aliphatic rings. The summed E-state index contributed by atoms with van der Waals surface area (Å²) in [5.41, 5.74) is 0.970. The molecule has 0 saturated carbocycles. The van der Waals surface area contributed by atoms with Gasteiger partial charge in [0.2, 0.25) is 0 Å². The zero-order valence-corrected chi connectivity index (χ0v) is 15.8. The lowest BCUT2D eigenvalue weighted by Crippen LogP contribution is -2.13. The Labute approximate surface area is 164 Å². The van der Waals surface area contributed by atoms with Gasteiger partial charge in [-0.1, -0.05) is 28.1 Å². The highest BCUT2D eigenvalue weighted by molar-refractivity contribution is 9.10. The van der Waals surface area contributed by atoms with Gasteiger partial charge in [0.25, 0.3) is 5.91 Å². The van der Waals surface area contributed by atoms with Gasteiger partial charge in [-0.15, -0.1) is 0 Å². The highest BCUT2D eigenvalue weighted by atomic mass is 79.9. The summed E-state index contributed by atoms with van der Waals surface area (Å²) >= 11 is 3.31. The molecule has 0 aliphatic carbocycles. The summed E-state index contributed by atoms with van der Waals surface area (Å²) in [6, 6.07) is 13.5. The third kappa shape index (κ3) is 5.87. The number of carboxylic acids is 1. The maximum absolute atomic E-state index is 12.3. The van der Waals surface area contributed by atoms with E-state index in [2.05, 4.69) is 21.2 Å². The van der Waals surface area contributed by atoms with Crippen molar-refractivity contribution in [2.45, 2.75) is 0 Å². The number of carboxylic acid groups (broad SMARTS) is 1. The SMILES string of the molecule is COc1cc(/C=C(\C#N)C(=O)Nc2cccc(Br)c2)ccc1OCC(=O)O. The minimum atomic E-state index is -1.11. The van der Waals surface area contributed by atoms with Crippen LogP contribution in [0.25, 0.3) is 6.08 Å². The van der Waals surface area contributed by atoms with Gasteiger partial charge in [-0.3, -0.25) is 4.79 Å². The second-order valence-electron chi connectivity index (χ2n) is 5.23. The first-order valence-electron chi connectivity index (χ1n) is 7.64. The number of halogens is 1. The Balaban J connectivity index is 2.22. The largest absolute Gasteiger partial charge is 0.493 e. The first-order chi connectivity index (χ1) is 12.9. The Morgan fingerprint density at radius 3 is 2.67 bits per heavy atom. The lowest BCUT2D eigenvalue weighted by Gasteiger charge is -2.10. The van der Waals surface area contributed by atoms with Crippen LogP contribution >= 0.6 is 15.9 Å². The van der Waals surface area contributed by atoms with Crippen molar-refractivity contribution in [2.24, 2.45) is 0 Å². The zero-order chi connectivity index (χ0) is 19.8. The summed E-state index contributed by atoms with van der Waals surface area (Å²) < 4.78 is 11.1. The number of nitrogens with one attached hydrogen (secondary N) is 1. The number of hydrogen-bond acceptors (Lipinski definition) is 5. The topological polar surface area (TPSA) is 109 Å². The summed E-state index contributed by atoms with van der Waals surface area (Å²) in [4.78, 5) is 22.9. The Bertz CT molecular complexity index is 934. The highest BCUT2D eigenvalue weighted by Gasteiger charge is 2.12. The predicted octanol–water partition coefficient (Wildman–Crippen LogP) is 3.47. The van der Waals surface area contributed by atoms with Gasteiger partial charge in [0, 0.05) is 10.2 Å². The normalized spacial score (nSPS) is 10.6. The third-order valence-electron chi connectivity index (χ3n) is 3.30. The summed E-state index contributed by atoms with van der Waals surface area (Å²) in [6.07, 6.45) is 1.40. The summed E-state index contributed by atoms with van der Waals surface area (Å²) in [7, 11) is 1.40. The molecular formula is C19H15BrN2O5. The number of hydrogen-bond donors (Lipinski definition) is 2. The number of amides is 1. The Morgan fingerprint density at radius 2 is 2.04 bits per heavy atom. The van der Waals surface area contributed by atoms with E-state index in [4.69, 9.17) is 14.6 Å². The Hall–Kier alpha value is -3.31. The van der Waals surface area contributed by atoms with Crippen LogP contribution < -0.4 is 14.8 Å². The maximum atomic E-state index is 12.3. The van der Waals surface area contributed by atoms with Gasteiger partial charge in [0.05, 0.1) is 7.11 Å². The number of methoxy groups -OCH3 is 1. The van der Waals surface area contributed by atoms with Crippen molar-refractivity contribution in [2.75, 3.05) is 19.0 Å². The molecule has 0 atom stereocenters. The van der Waals surface area contributed by atoms with E-state index in [9.17, 15) is 14.9 Å². The molecule has 0 radical (unpaired) electrons. The van der Waals surface area contributed by atoms with Crippen LogP contribution in [-0.4, -0.2) is 30.7 Å². The van der Waals surface area contributed by atoms with Crippen LogP contribution in [0.3, 0.4) is 0 Å². The van der Waals surface area contributed by atoms with E-state index >= 15 is 0 Å². The molecule has 1 amide bonds. The molecule has 138 valence electrons. The van der Waals surface area contributed by atoms with Gasteiger partial charge in [0.15, 0.2) is 18.1 Å². The molecule has 2 aromatic carbocycles. The minimum Gasteiger partial charge on any atom is -0.493 e. The highest BCUT2D eigenvalue weighted by Crippen LogP contribution is 2.29. The van der Waals surface area contributed by atoms with Crippen molar-refractivity contribution in [3.63, 3.8) is 0 Å². The first-order valence-corrected chi connectivity index (χ1v) is 8.43. The van der Waals surface area contributed by atoms with Gasteiger partial charge in [0.1, 0.15) is 11.6 Å². The number of carbonyl (C=O) groups excluding carboxylic acids is 1. The smallest absolute Gasteiger partial charge is 0.341 e. The number of carbonyl (C=O) groups is 2. The fourth-order valence-electron chi connectivity index (χ4n) is 2.11. The molecule has 0 saturated heterocycles. The van der Waals surface area contributed by atoms with E-state index in [1.165, 1.54) is 19.3 Å². The van der Waals surface area contributed by atoms with E-state index < -0.39 is 18.5 Å². The standard InChI is InChI=1S/C19H15BrN2O5/c1-26-17-8-12(5-6-16(17)27-11-18(23)24)7-13(10-21)19(25)22-15-4-2-3-14(20)9-15/h2-9H,11H2,1H3,(H,22,25)(H,23,24)/b13-7+. The van der Waals surface area contributed by atoms with Crippen molar-refractivity contribution in [3.8, 4) is 17.6 Å². The van der Waals surface area contributed by atoms with E-state index in [1.54, 1.807) is 30.3 Å². The monoisotopic (exact) mass is 430 g/mol. The molecule has 0 fully saturated rings. The van der Waals surface area contributed by atoms with Crippen molar-refractivity contribution in [3.05, 3.63) is 58.1 Å². The van der Waals surface area contributed by atoms with Crippen molar-refractivity contribution >= 4 is 39.6 Å². The number of nitriles is 1. The van der Waals surface area contributed by atoms with Gasteiger partial charge in [-0.25, -0.2) is 4.79 Å². The average molecular weight is 431 g/mol. The molecule has 0 bridgehead atoms. The van der Waals surface area contributed by atoms with Gasteiger partial charge in [-0.2, -0.15) is 5.26 Å². The predicted molar refractivity (Wildman–Crippen MR) is 102 cm³/mol. The van der Waals surface area contributed by atoms with Crippen molar-refractivity contribution in [1.82, 2.24) is 0 Å². The van der Waals surface area contributed by atoms with Crippen LogP contribution in [0.4, 0.5) is 5.69 Å². The molecule has 2 N–H and O–H groups in total. The Morgan fingerprint density at radius 1 is 1.26 bits per heavy atom. The molecule has 0 heterocycles. The summed E-state index contributed by atoms with van der Waals surface area (Å²) in [5, 5.41) is 20.6. The van der Waals surface area contributed by atoms with Crippen LogP contribution in [0.1, 0.15) is 5.56 Å². The number of nitrogens with zero attached hydrogens (tertiary/aromatic N) is 1. The number of rotatable bonds is 7. The summed E-state index contributed by atoms with van der Waals surface area (Å²) in [6.45, 7) is -0.510.